The molecule has 2 aliphatic heterocycles. The van der Waals surface area contributed by atoms with E-state index >= 15 is 0 Å². The van der Waals surface area contributed by atoms with Crippen molar-refractivity contribution in [3.63, 3.8) is 0 Å². The number of benzene rings is 1. The number of hydrogen-bond acceptors (Lipinski definition) is 3. The molecular formula is C21H25N3O2S. The maximum atomic E-state index is 12.7. The summed E-state index contributed by atoms with van der Waals surface area (Å²) in [6.45, 7) is 3.93. The minimum Gasteiger partial charge on any atom is -0.337 e. The van der Waals surface area contributed by atoms with Gasteiger partial charge in [0.05, 0.1) is 6.04 Å². The number of para-hydroxylation sites is 1. The third-order valence-electron chi connectivity index (χ3n) is 5.56. The fourth-order valence-corrected chi connectivity index (χ4v) is 5.06. The molecule has 0 fully saturated rings. The first-order valence-corrected chi connectivity index (χ1v) is 10.5. The molecule has 5 nitrogen and oxygen atoms in total. The van der Waals surface area contributed by atoms with Crippen molar-refractivity contribution in [2.45, 2.75) is 38.6 Å². The summed E-state index contributed by atoms with van der Waals surface area (Å²) in [4.78, 5) is 30.4. The van der Waals surface area contributed by atoms with Gasteiger partial charge in [-0.2, -0.15) is 0 Å². The average molecular weight is 384 g/mol. The molecule has 3 amide bonds. The molecule has 0 saturated carbocycles. The number of nitrogens with zero attached hydrogens (tertiary/aromatic N) is 2. The number of aryl methyl sites for hydroxylation is 1. The molecular weight excluding hydrogens is 358 g/mol. The van der Waals surface area contributed by atoms with Crippen LogP contribution in [-0.4, -0.2) is 36.5 Å². The van der Waals surface area contributed by atoms with E-state index in [1.54, 1.807) is 11.3 Å². The Balaban J connectivity index is 1.31. The smallest absolute Gasteiger partial charge is 0.317 e. The van der Waals surface area contributed by atoms with Crippen LogP contribution in [0.4, 0.5) is 10.5 Å². The molecule has 0 spiro atoms. The zero-order chi connectivity index (χ0) is 18.8. The molecule has 1 atom stereocenters. The van der Waals surface area contributed by atoms with Crippen molar-refractivity contribution >= 4 is 29.0 Å². The van der Waals surface area contributed by atoms with Gasteiger partial charge in [-0.05, 0) is 54.8 Å². The summed E-state index contributed by atoms with van der Waals surface area (Å²) in [5, 5.41) is 5.04. The Morgan fingerprint density at radius 1 is 1.19 bits per heavy atom. The van der Waals surface area contributed by atoms with Crippen molar-refractivity contribution < 1.29 is 9.59 Å². The van der Waals surface area contributed by atoms with Crippen LogP contribution in [0, 0.1) is 0 Å². The van der Waals surface area contributed by atoms with E-state index in [0.717, 1.165) is 38.0 Å². The van der Waals surface area contributed by atoms with Gasteiger partial charge in [-0.25, -0.2) is 4.79 Å². The lowest BCUT2D eigenvalue weighted by molar-refractivity contribution is -0.118. The van der Waals surface area contributed by atoms with Crippen molar-refractivity contribution in [3.05, 3.63) is 51.7 Å². The summed E-state index contributed by atoms with van der Waals surface area (Å²) in [5.41, 5.74) is 3.51. The highest BCUT2D eigenvalue weighted by atomic mass is 32.1. The third kappa shape index (κ3) is 3.58. The molecule has 0 radical (unpaired) electrons. The fourth-order valence-electron chi connectivity index (χ4n) is 4.09. The summed E-state index contributed by atoms with van der Waals surface area (Å²) < 4.78 is 0. The van der Waals surface area contributed by atoms with Crippen LogP contribution >= 0.6 is 11.3 Å². The highest BCUT2D eigenvalue weighted by molar-refractivity contribution is 7.10. The van der Waals surface area contributed by atoms with Gasteiger partial charge >= 0.3 is 6.03 Å². The SMILES string of the molecule is C[C@@H]1c2ccsc2CCN1C(=O)NCCC(=O)N1CCCc2ccccc21. The maximum absolute atomic E-state index is 12.7. The van der Waals surface area contributed by atoms with E-state index in [2.05, 4.69) is 29.8 Å². The van der Waals surface area contributed by atoms with Gasteiger partial charge < -0.3 is 15.1 Å². The molecule has 6 heteroatoms. The minimum atomic E-state index is -0.0776. The van der Waals surface area contributed by atoms with Gasteiger partial charge in [0.25, 0.3) is 0 Å². The average Bonchev–Trinajstić information content (AvgIpc) is 3.17. The number of amides is 3. The maximum Gasteiger partial charge on any atom is 0.317 e. The zero-order valence-corrected chi connectivity index (χ0v) is 16.4. The van der Waals surface area contributed by atoms with Crippen LogP contribution < -0.4 is 10.2 Å². The van der Waals surface area contributed by atoms with Crippen molar-refractivity contribution in [1.82, 2.24) is 10.2 Å². The molecule has 142 valence electrons. The minimum absolute atomic E-state index is 0.0776. The number of carbonyl (C=O) groups excluding carboxylic acids is 2. The van der Waals surface area contributed by atoms with Gasteiger partial charge in [0.15, 0.2) is 0 Å². The number of rotatable bonds is 3. The number of anilines is 1. The topological polar surface area (TPSA) is 52.7 Å². The van der Waals surface area contributed by atoms with Crippen molar-refractivity contribution in [2.24, 2.45) is 0 Å². The molecule has 0 unspecified atom stereocenters. The molecule has 0 bridgehead atoms. The predicted octanol–water partition coefficient (Wildman–Crippen LogP) is 3.75. The second-order valence-electron chi connectivity index (χ2n) is 7.18. The van der Waals surface area contributed by atoms with E-state index in [1.807, 2.05) is 28.0 Å². The third-order valence-corrected chi connectivity index (χ3v) is 6.56. The van der Waals surface area contributed by atoms with E-state index in [0.29, 0.717) is 13.0 Å². The number of nitrogens with one attached hydrogen (secondary N) is 1. The zero-order valence-electron chi connectivity index (χ0n) is 15.6. The van der Waals surface area contributed by atoms with Crippen molar-refractivity contribution in [1.29, 1.82) is 0 Å². The second kappa shape index (κ2) is 7.72. The molecule has 1 N–H and O–H groups in total. The Hall–Kier alpha value is -2.34. The summed E-state index contributed by atoms with van der Waals surface area (Å²) in [5.74, 6) is 0.0780. The molecule has 2 aliphatic rings. The number of thiophene rings is 1. The first kappa shape index (κ1) is 18.0. The first-order chi connectivity index (χ1) is 13.1. The van der Waals surface area contributed by atoms with Gasteiger partial charge in [-0.3, -0.25) is 4.79 Å². The lowest BCUT2D eigenvalue weighted by Crippen LogP contribution is -2.45. The predicted molar refractivity (Wildman–Crippen MR) is 108 cm³/mol. The Morgan fingerprint density at radius 2 is 2.04 bits per heavy atom. The van der Waals surface area contributed by atoms with Crippen molar-refractivity contribution in [2.75, 3.05) is 24.5 Å². The summed E-state index contributed by atoms with van der Waals surface area (Å²) in [6.07, 6.45) is 3.25. The molecule has 0 aliphatic carbocycles. The second-order valence-corrected chi connectivity index (χ2v) is 8.18. The molecule has 2 aromatic rings. The quantitative estimate of drug-likeness (QED) is 0.878. The molecule has 1 aromatic heterocycles. The number of fused-ring (bicyclic) bond motifs is 2. The van der Waals surface area contributed by atoms with Gasteiger partial charge in [-0.1, -0.05) is 18.2 Å². The van der Waals surface area contributed by atoms with E-state index in [1.165, 1.54) is 16.0 Å². The molecule has 27 heavy (non-hydrogen) atoms. The summed E-state index contributed by atoms with van der Waals surface area (Å²) >= 11 is 1.77. The van der Waals surface area contributed by atoms with Crippen LogP contribution in [0.1, 0.15) is 41.8 Å². The Kier molecular flexibility index (Phi) is 5.16. The van der Waals surface area contributed by atoms with Crippen LogP contribution in [0.2, 0.25) is 0 Å². The van der Waals surface area contributed by atoms with Gasteiger partial charge in [-0.15, -0.1) is 11.3 Å². The summed E-state index contributed by atoms with van der Waals surface area (Å²) in [6, 6.07) is 10.2. The molecule has 0 saturated heterocycles. The largest absolute Gasteiger partial charge is 0.337 e. The molecule has 4 rings (SSSR count). The highest BCUT2D eigenvalue weighted by Gasteiger charge is 2.28. The van der Waals surface area contributed by atoms with E-state index in [4.69, 9.17) is 0 Å². The van der Waals surface area contributed by atoms with E-state index in [9.17, 15) is 9.59 Å². The van der Waals surface area contributed by atoms with Crippen LogP contribution in [0.3, 0.4) is 0 Å². The Morgan fingerprint density at radius 3 is 2.93 bits per heavy atom. The Bertz CT molecular complexity index is 847. The standard InChI is InChI=1S/C21H25N3O2S/c1-15-17-10-14-27-19(17)9-13-23(15)21(26)22-11-8-20(25)24-12-4-6-16-5-2-3-7-18(16)24/h2-3,5,7,10,14-15H,4,6,8-9,11-13H2,1H3,(H,22,26)/t15-/m1/s1. The first-order valence-electron chi connectivity index (χ1n) is 9.64. The summed E-state index contributed by atoms with van der Waals surface area (Å²) in [7, 11) is 0. The van der Waals surface area contributed by atoms with Gasteiger partial charge in [0.2, 0.25) is 5.91 Å². The molecule has 3 heterocycles. The normalized spacial score (nSPS) is 18.6. The number of hydrogen-bond donors (Lipinski definition) is 1. The van der Waals surface area contributed by atoms with Crippen LogP contribution in [0.5, 0.6) is 0 Å². The van der Waals surface area contributed by atoms with Crippen LogP contribution in [0.25, 0.3) is 0 Å². The van der Waals surface area contributed by atoms with Crippen LogP contribution in [-0.2, 0) is 17.6 Å². The number of urea groups is 1. The lowest BCUT2D eigenvalue weighted by atomic mass is 10.0. The van der Waals surface area contributed by atoms with Crippen molar-refractivity contribution in [3.8, 4) is 0 Å². The van der Waals surface area contributed by atoms with E-state index in [-0.39, 0.29) is 18.0 Å². The number of carbonyl (C=O) groups is 2. The lowest BCUT2D eigenvalue weighted by Gasteiger charge is -2.33. The van der Waals surface area contributed by atoms with Gasteiger partial charge in [0, 0.05) is 36.6 Å². The fraction of sp³-hybridized carbons (Fsp3) is 0.429. The van der Waals surface area contributed by atoms with Gasteiger partial charge in [0.1, 0.15) is 0 Å². The van der Waals surface area contributed by atoms with Crippen LogP contribution in [0.15, 0.2) is 35.7 Å². The molecule has 1 aromatic carbocycles. The monoisotopic (exact) mass is 383 g/mol. The van der Waals surface area contributed by atoms with E-state index < -0.39 is 0 Å². The highest BCUT2D eigenvalue weighted by Crippen LogP contribution is 2.32. The Labute approximate surface area is 164 Å².